The van der Waals surface area contributed by atoms with Gasteiger partial charge in [0.05, 0.1) is 13.2 Å². The molecule has 52 heavy (non-hydrogen) atoms. The Kier molecular flexibility index (Phi) is 13.9. The summed E-state index contributed by atoms with van der Waals surface area (Å²) in [7, 11) is 0. The van der Waals surface area contributed by atoms with Crippen LogP contribution in [0.3, 0.4) is 0 Å². The summed E-state index contributed by atoms with van der Waals surface area (Å²) in [6.07, 6.45) is 4.79. The van der Waals surface area contributed by atoms with Crippen molar-refractivity contribution in [3.63, 3.8) is 0 Å². The molecule has 6 nitrogen and oxygen atoms in total. The van der Waals surface area contributed by atoms with Crippen LogP contribution in [0, 0.1) is 0 Å². The van der Waals surface area contributed by atoms with E-state index < -0.39 is 0 Å². The maximum absolute atomic E-state index is 10.4. The maximum atomic E-state index is 10.4. The predicted octanol–water partition coefficient (Wildman–Crippen LogP) is 11.2. The second kappa shape index (κ2) is 17.4. The van der Waals surface area contributed by atoms with E-state index in [1.807, 2.05) is 12.1 Å². The number of ether oxygens (including phenoxy) is 5. The lowest BCUT2D eigenvalue weighted by Gasteiger charge is -2.26. The van der Waals surface area contributed by atoms with E-state index in [9.17, 15) is 5.11 Å². The third-order valence-electron chi connectivity index (χ3n) is 9.73. The summed E-state index contributed by atoms with van der Waals surface area (Å²) in [6, 6.07) is 17.4. The molecule has 1 heterocycles. The van der Waals surface area contributed by atoms with Gasteiger partial charge in [0.25, 0.3) is 0 Å². The first-order valence-electron chi connectivity index (χ1n) is 19.4. The molecular formula is C46H68O6. The summed E-state index contributed by atoms with van der Waals surface area (Å²) in [6.45, 7) is 29.4. The molecule has 1 unspecified atom stereocenters. The van der Waals surface area contributed by atoms with Gasteiger partial charge in [-0.15, -0.1) is 0 Å². The van der Waals surface area contributed by atoms with E-state index in [0.717, 1.165) is 49.8 Å². The van der Waals surface area contributed by atoms with Crippen molar-refractivity contribution in [3.05, 3.63) is 87.5 Å². The average molecular weight is 717 g/mol. The number of hydrogen-bond donors (Lipinski definition) is 1. The molecule has 1 aliphatic heterocycles. The van der Waals surface area contributed by atoms with Gasteiger partial charge in [0, 0.05) is 13.2 Å². The number of rotatable bonds is 14. The first-order chi connectivity index (χ1) is 24.2. The Balaban J connectivity index is 1.63. The third kappa shape index (κ3) is 12.2. The minimum absolute atomic E-state index is 0.00787. The van der Waals surface area contributed by atoms with Crippen molar-refractivity contribution in [2.45, 2.75) is 163 Å². The van der Waals surface area contributed by atoms with E-state index in [4.69, 9.17) is 23.7 Å². The highest BCUT2D eigenvalue weighted by atomic mass is 16.7. The number of benzene rings is 3. The van der Waals surface area contributed by atoms with E-state index in [-0.39, 0.29) is 34.6 Å². The van der Waals surface area contributed by atoms with Crippen LogP contribution in [0.2, 0.25) is 0 Å². The fraction of sp³-hybridized carbons (Fsp3) is 0.609. The standard InChI is InChI=1S/C46H68O6/c1-43(2,3)35-21-33(22-36(27-35)44(4,5)6)30-51-39-25-32(29-47)26-40(42(39)50-20-16-15-19-49-41-17-13-14-18-48-41)52-31-34-23-37(45(7,8)9)28-38(24-34)46(10,11)12/h21-28,41,47H,13-20,29-31H2,1-12H3. The number of unbranched alkanes of at least 4 members (excludes halogenated alkanes) is 1. The summed E-state index contributed by atoms with van der Waals surface area (Å²) in [5.74, 6) is 1.68. The molecule has 1 atom stereocenters. The molecule has 0 radical (unpaired) electrons. The van der Waals surface area contributed by atoms with Gasteiger partial charge in [0.15, 0.2) is 17.8 Å². The largest absolute Gasteiger partial charge is 0.486 e. The summed E-state index contributed by atoms with van der Waals surface area (Å²) < 4.78 is 31.5. The number of aliphatic hydroxyl groups excluding tert-OH is 1. The number of hydrogen-bond acceptors (Lipinski definition) is 6. The van der Waals surface area contributed by atoms with Gasteiger partial charge in [0.2, 0.25) is 5.75 Å². The van der Waals surface area contributed by atoms with Gasteiger partial charge < -0.3 is 28.8 Å². The minimum Gasteiger partial charge on any atom is -0.486 e. The Morgan fingerprint density at radius 2 is 1.00 bits per heavy atom. The van der Waals surface area contributed by atoms with Gasteiger partial charge in [-0.05, 0) is 105 Å². The van der Waals surface area contributed by atoms with E-state index in [2.05, 4.69) is 119 Å². The number of aliphatic hydroxyl groups is 1. The Labute approximate surface area is 315 Å². The molecule has 0 aliphatic carbocycles. The van der Waals surface area contributed by atoms with Crippen molar-refractivity contribution >= 4 is 0 Å². The molecule has 0 aromatic heterocycles. The molecule has 6 heteroatoms. The van der Waals surface area contributed by atoms with Crippen LogP contribution in [-0.2, 0) is 51.0 Å². The highest BCUT2D eigenvalue weighted by Gasteiger charge is 2.24. The fourth-order valence-corrected chi connectivity index (χ4v) is 6.12. The van der Waals surface area contributed by atoms with Crippen molar-refractivity contribution < 1.29 is 28.8 Å². The van der Waals surface area contributed by atoms with Crippen LogP contribution in [0.1, 0.15) is 154 Å². The van der Waals surface area contributed by atoms with Crippen molar-refractivity contribution in [1.29, 1.82) is 0 Å². The van der Waals surface area contributed by atoms with E-state index in [0.29, 0.717) is 49.2 Å². The van der Waals surface area contributed by atoms with Crippen LogP contribution < -0.4 is 14.2 Å². The normalized spacial score (nSPS) is 15.8. The summed E-state index contributed by atoms with van der Waals surface area (Å²) in [5, 5.41) is 10.4. The molecule has 1 N–H and O–H groups in total. The molecule has 4 rings (SSSR count). The van der Waals surface area contributed by atoms with E-state index in [1.165, 1.54) is 22.3 Å². The lowest BCUT2D eigenvalue weighted by molar-refractivity contribution is -0.162. The Hall–Kier alpha value is -3.06. The molecule has 288 valence electrons. The van der Waals surface area contributed by atoms with Gasteiger partial charge >= 0.3 is 0 Å². The Morgan fingerprint density at radius 1 is 0.558 bits per heavy atom. The zero-order valence-corrected chi connectivity index (χ0v) is 34.5. The van der Waals surface area contributed by atoms with Gasteiger partial charge in [-0.2, -0.15) is 0 Å². The van der Waals surface area contributed by atoms with Gasteiger partial charge in [-0.3, -0.25) is 0 Å². The van der Waals surface area contributed by atoms with Gasteiger partial charge in [-0.1, -0.05) is 119 Å². The molecule has 1 saturated heterocycles. The zero-order chi connectivity index (χ0) is 38.3. The van der Waals surface area contributed by atoms with Crippen LogP contribution in [0.15, 0.2) is 48.5 Å². The van der Waals surface area contributed by atoms with Crippen molar-refractivity contribution in [2.24, 2.45) is 0 Å². The summed E-state index contributed by atoms with van der Waals surface area (Å²) >= 11 is 0. The first-order valence-corrected chi connectivity index (χ1v) is 19.4. The molecule has 1 fully saturated rings. The molecule has 0 saturated carbocycles. The predicted molar refractivity (Wildman–Crippen MR) is 213 cm³/mol. The SMILES string of the molecule is CC(C)(C)c1cc(COc2cc(CO)cc(OCc3cc(C(C)(C)C)cc(C(C)(C)C)c3)c2OCCCCOC2CCCCO2)cc(C(C)(C)C)c1. The highest BCUT2D eigenvalue weighted by Crippen LogP contribution is 2.41. The van der Waals surface area contributed by atoms with Crippen molar-refractivity contribution in [3.8, 4) is 17.2 Å². The van der Waals surface area contributed by atoms with Crippen LogP contribution in [0.25, 0.3) is 0 Å². The first kappa shape index (κ1) is 41.7. The quantitative estimate of drug-likeness (QED) is 0.168. The van der Waals surface area contributed by atoms with Crippen LogP contribution in [-0.4, -0.2) is 31.2 Å². The lowest BCUT2D eigenvalue weighted by atomic mass is 9.79. The maximum Gasteiger partial charge on any atom is 0.203 e. The van der Waals surface area contributed by atoms with E-state index in [1.54, 1.807) is 0 Å². The monoisotopic (exact) mass is 717 g/mol. The molecule has 3 aromatic carbocycles. The minimum atomic E-state index is -0.144. The Bertz CT molecular complexity index is 1420. The topological polar surface area (TPSA) is 66.4 Å². The molecule has 3 aromatic rings. The molecule has 1 aliphatic rings. The second-order valence-electron chi connectivity index (χ2n) is 18.7. The lowest BCUT2D eigenvalue weighted by Crippen LogP contribution is -2.22. The smallest absolute Gasteiger partial charge is 0.203 e. The average Bonchev–Trinajstić information content (AvgIpc) is 3.06. The van der Waals surface area contributed by atoms with Crippen molar-refractivity contribution in [2.75, 3.05) is 19.8 Å². The van der Waals surface area contributed by atoms with Crippen molar-refractivity contribution in [1.82, 2.24) is 0 Å². The van der Waals surface area contributed by atoms with Crippen LogP contribution in [0.5, 0.6) is 17.2 Å². The Morgan fingerprint density at radius 3 is 1.38 bits per heavy atom. The fourth-order valence-electron chi connectivity index (χ4n) is 6.12. The van der Waals surface area contributed by atoms with Gasteiger partial charge in [0.1, 0.15) is 13.2 Å². The molecular weight excluding hydrogens is 649 g/mol. The summed E-state index contributed by atoms with van der Waals surface area (Å²) in [5.41, 5.74) is 7.96. The van der Waals surface area contributed by atoms with Crippen LogP contribution >= 0.6 is 0 Å². The second-order valence-corrected chi connectivity index (χ2v) is 18.7. The molecule has 0 bridgehead atoms. The molecule has 0 amide bonds. The van der Waals surface area contributed by atoms with Gasteiger partial charge in [-0.25, -0.2) is 0 Å². The zero-order valence-electron chi connectivity index (χ0n) is 34.5. The van der Waals surface area contributed by atoms with Crippen LogP contribution in [0.4, 0.5) is 0 Å². The van der Waals surface area contributed by atoms with E-state index >= 15 is 0 Å². The summed E-state index contributed by atoms with van der Waals surface area (Å²) in [4.78, 5) is 0. The third-order valence-corrected chi connectivity index (χ3v) is 9.73. The highest BCUT2D eigenvalue weighted by molar-refractivity contribution is 5.54. The molecule has 0 spiro atoms.